The molecule has 0 atom stereocenters. The van der Waals surface area contributed by atoms with E-state index in [2.05, 4.69) is 17.1 Å². The van der Waals surface area contributed by atoms with Crippen molar-refractivity contribution in [1.29, 1.82) is 0 Å². The van der Waals surface area contributed by atoms with Gasteiger partial charge in [0.2, 0.25) is 15.9 Å². The Bertz CT molecular complexity index is 1180. The third-order valence-electron chi connectivity index (χ3n) is 5.18. The second-order valence-corrected chi connectivity index (χ2v) is 9.55. The average molecular weight is 471 g/mol. The maximum Gasteiger partial charge on any atom is 0.259 e. The van der Waals surface area contributed by atoms with Gasteiger partial charge in [0.05, 0.1) is 17.7 Å². The van der Waals surface area contributed by atoms with Gasteiger partial charge in [-0.3, -0.25) is 9.59 Å². The third-order valence-corrected chi connectivity index (χ3v) is 7.04. The zero-order chi connectivity index (χ0) is 24.0. The smallest absolute Gasteiger partial charge is 0.259 e. The Kier molecular flexibility index (Phi) is 7.62. The maximum atomic E-state index is 12.8. The van der Waals surface area contributed by atoms with Crippen LogP contribution in [0.3, 0.4) is 0 Å². The second-order valence-electron chi connectivity index (χ2n) is 7.61. The fraction of sp³-hybridized carbons (Fsp3) is 0.261. The molecule has 9 nitrogen and oxygen atoms in total. The van der Waals surface area contributed by atoms with Crippen molar-refractivity contribution in [1.82, 2.24) is 14.6 Å². The molecule has 1 saturated heterocycles. The molecular formula is C23H26N4O5S. The number of allylic oxidation sites excluding steroid dienone is 1. The van der Waals surface area contributed by atoms with E-state index < -0.39 is 21.8 Å². The zero-order valence-electron chi connectivity index (χ0n) is 18.3. The minimum Gasteiger partial charge on any atom is -0.507 e. The first-order valence-electron chi connectivity index (χ1n) is 10.3. The topological polar surface area (TPSA) is 119 Å². The van der Waals surface area contributed by atoms with Gasteiger partial charge in [-0.15, -0.1) is 6.58 Å². The number of carbonyl (C=O) groups excluding carboxylic acids is 2. The molecule has 1 aliphatic rings. The lowest BCUT2D eigenvalue weighted by Gasteiger charge is -2.33. The van der Waals surface area contributed by atoms with E-state index in [0.29, 0.717) is 17.5 Å². The van der Waals surface area contributed by atoms with E-state index >= 15 is 0 Å². The molecule has 174 valence electrons. The minimum atomic E-state index is -3.79. The SMILES string of the molecule is C=CCc1cccc(/C=N/NC(=O)CN2CCN(S(=O)(=O)c3ccc(C)cc3)CC2=O)c1O. The van der Waals surface area contributed by atoms with Gasteiger partial charge in [-0.1, -0.05) is 35.9 Å². The molecule has 0 bridgehead atoms. The summed E-state index contributed by atoms with van der Waals surface area (Å²) in [6, 6.07) is 11.6. The molecule has 1 fully saturated rings. The van der Waals surface area contributed by atoms with Crippen LogP contribution < -0.4 is 5.43 Å². The van der Waals surface area contributed by atoms with Crippen LogP contribution in [0.15, 0.2) is 65.1 Å². The molecule has 0 unspecified atom stereocenters. The van der Waals surface area contributed by atoms with Gasteiger partial charge in [0, 0.05) is 18.7 Å². The Morgan fingerprint density at radius 2 is 1.94 bits per heavy atom. The van der Waals surface area contributed by atoms with E-state index in [0.717, 1.165) is 9.87 Å². The van der Waals surface area contributed by atoms with Gasteiger partial charge in [-0.2, -0.15) is 9.41 Å². The van der Waals surface area contributed by atoms with Crippen molar-refractivity contribution in [3.8, 4) is 5.75 Å². The molecular weight excluding hydrogens is 444 g/mol. The highest BCUT2D eigenvalue weighted by Gasteiger charge is 2.33. The number of rotatable bonds is 8. The highest BCUT2D eigenvalue weighted by atomic mass is 32.2. The molecule has 3 rings (SSSR count). The number of phenolic OH excluding ortho intramolecular Hbond substituents is 1. The summed E-state index contributed by atoms with van der Waals surface area (Å²) in [6.45, 7) is 5.08. The van der Waals surface area contributed by atoms with Crippen LogP contribution in [0.25, 0.3) is 0 Å². The summed E-state index contributed by atoms with van der Waals surface area (Å²) < 4.78 is 26.7. The van der Waals surface area contributed by atoms with E-state index in [-0.39, 0.29) is 36.8 Å². The molecule has 2 aromatic rings. The van der Waals surface area contributed by atoms with Crippen molar-refractivity contribution < 1.29 is 23.1 Å². The van der Waals surface area contributed by atoms with Crippen molar-refractivity contribution in [2.45, 2.75) is 18.2 Å². The Morgan fingerprint density at radius 3 is 2.61 bits per heavy atom. The van der Waals surface area contributed by atoms with Crippen LogP contribution in [-0.2, 0) is 26.0 Å². The fourth-order valence-electron chi connectivity index (χ4n) is 3.34. The molecule has 33 heavy (non-hydrogen) atoms. The van der Waals surface area contributed by atoms with Crippen molar-refractivity contribution in [3.63, 3.8) is 0 Å². The Balaban J connectivity index is 1.55. The average Bonchev–Trinajstić information content (AvgIpc) is 2.78. The van der Waals surface area contributed by atoms with Crippen LogP contribution in [0.5, 0.6) is 5.75 Å². The zero-order valence-corrected chi connectivity index (χ0v) is 19.1. The first-order chi connectivity index (χ1) is 15.7. The van der Waals surface area contributed by atoms with Crippen molar-refractivity contribution in [2.75, 3.05) is 26.2 Å². The van der Waals surface area contributed by atoms with Gasteiger partial charge >= 0.3 is 0 Å². The van der Waals surface area contributed by atoms with Gasteiger partial charge in [0.25, 0.3) is 5.91 Å². The van der Waals surface area contributed by atoms with Crippen LogP contribution in [0.1, 0.15) is 16.7 Å². The molecule has 0 saturated carbocycles. The number of hydrogen-bond donors (Lipinski definition) is 2. The van der Waals surface area contributed by atoms with Crippen LogP contribution in [0, 0.1) is 6.92 Å². The molecule has 0 spiro atoms. The van der Waals surface area contributed by atoms with Gasteiger partial charge in [-0.25, -0.2) is 13.8 Å². The second kappa shape index (κ2) is 10.4. The number of aromatic hydroxyl groups is 1. The number of sulfonamides is 1. The Morgan fingerprint density at radius 1 is 1.21 bits per heavy atom. The number of aryl methyl sites for hydroxylation is 1. The molecule has 0 aliphatic carbocycles. The summed E-state index contributed by atoms with van der Waals surface area (Å²) in [6.07, 6.45) is 3.47. The summed E-state index contributed by atoms with van der Waals surface area (Å²) >= 11 is 0. The van der Waals surface area contributed by atoms with Gasteiger partial charge < -0.3 is 10.0 Å². The molecule has 0 aromatic heterocycles. The van der Waals surface area contributed by atoms with Crippen LogP contribution in [0.2, 0.25) is 0 Å². The quantitative estimate of drug-likeness (QED) is 0.344. The monoisotopic (exact) mass is 470 g/mol. The van der Waals surface area contributed by atoms with Crippen LogP contribution in [0.4, 0.5) is 0 Å². The summed E-state index contributed by atoms with van der Waals surface area (Å²) in [5.74, 6) is -0.946. The number of hydrazone groups is 1. The number of piperazine rings is 1. The molecule has 0 radical (unpaired) electrons. The van der Waals surface area contributed by atoms with E-state index in [1.165, 1.54) is 23.2 Å². The lowest BCUT2D eigenvalue weighted by molar-refractivity contribution is -0.138. The maximum absolute atomic E-state index is 12.8. The summed E-state index contributed by atoms with van der Waals surface area (Å²) in [5, 5.41) is 14.0. The van der Waals surface area contributed by atoms with E-state index in [1.807, 2.05) is 6.92 Å². The summed E-state index contributed by atoms with van der Waals surface area (Å²) in [7, 11) is -3.79. The van der Waals surface area contributed by atoms with Gasteiger partial charge in [-0.05, 0) is 37.1 Å². The number of para-hydroxylation sites is 1. The lowest BCUT2D eigenvalue weighted by atomic mass is 10.1. The number of hydrogen-bond acceptors (Lipinski definition) is 6. The van der Waals surface area contributed by atoms with E-state index in [4.69, 9.17) is 0 Å². The minimum absolute atomic E-state index is 0.0523. The normalized spacial score (nSPS) is 15.1. The number of nitrogens with one attached hydrogen (secondary N) is 1. The van der Waals surface area contributed by atoms with Gasteiger partial charge in [0.15, 0.2) is 0 Å². The van der Waals surface area contributed by atoms with E-state index in [1.54, 1.807) is 36.4 Å². The lowest BCUT2D eigenvalue weighted by Crippen LogP contribution is -2.54. The fourth-order valence-corrected chi connectivity index (χ4v) is 4.72. The number of nitrogens with zero attached hydrogens (tertiary/aromatic N) is 3. The summed E-state index contributed by atoms with van der Waals surface area (Å²) in [4.78, 5) is 26.1. The first-order valence-corrected chi connectivity index (χ1v) is 11.7. The predicted molar refractivity (Wildman–Crippen MR) is 124 cm³/mol. The van der Waals surface area contributed by atoms with Crippen LogP contribution in [-0.4, -0.2) is 66.9 Å². The Hall–Kier alpha value is -3.50. The van der Waals surface area contributed by atoms with E-state index in [9.17, 15) is 23.1 Å². The number of benzene rings is 2. The number of phenols is 1. The molecule has 2 amide bonds. The molecule has 2 N–H and O–H groups in total. The molecule has 1 heterocycles. The predicted octanol–water partition coefficient (Wildman–Crippen LogP) is 1.41. The number of amides is 2. The highest BCUT2D eigenvalue weighted by Crippen LogP contribution is 2.21. The van der Waals surface area contributed by atoms with Crippen LogP contribution >= 0.6 is 0 Å². The van der Waals surface area contributed by atoms with Crippen molar-refractivity contribution >= 4 is 28.1 Å². The molecule has 2 aromatic carbocycles. The van der Waals surface area contributed by atoms with Gasteiger partial charge in [0.1, 0.15) is 12.3 Å². The standard InChI is InChI=1S/C23H26N4O5S/c1-3-5-18-6-4-7-19(23(18)30)14-24-25-21(28)15-26-12-13-27(16-22(26)29)33(31,32)20-10-8-17(2)9-11-20/h3-4,6-11,14,30H,1,5,12-13,15-16H2,2H3,(H,25,28)/b24-14+. The first kappa shape index (κ1) is 24.1. The largest absolute Gasteiger partial charge is 0.507 e. The summed E-state index contributed by atoms with van der Waals surface area (Å²) in [5.41, 5.74) is 4.37. The molecule has 1 aliphatic heterocycles. The molecule has 10 heteroatoms. The number of carbonyl (C=O) groups is 2. The van der Waals surface area contributed by atoms with Crippen molar-refractivity contribution in [3.05, 3.63) is 71.8 Å². The van der Waals surface area contributed by atoms with Crippen molar-refractivity contribution in [2.24, 2.45) is 5.10 Å². The Labute approximate surface area is 193 Å². The highest BCUT2D eigenvalue weighted by molar-refractivity contribution is 7.89. The third kappa shape index (κ3) is 5.85.